The number of carbonyl (C=O) groups excluding carboxylic acids is 1. The third-order valence-electron chi connectivity index (χ3n) is 6.72. The lowest BCUT2D eigenvalue weighted by molar-refractivity contribution is 0.0628. The molecule has 7 nitrogen and oxygen atoms in total. The van der Waals surface area contributed by atoms with E-state index in [9.17, 15) is 13.2 Å². The third-order valence-corrected chi connectivity index (χ3v) is 9.62. The summed E-state index contributed by atoms with van der Waals surface area (Å²) >= 11 is 1.72. The molecule has 2 aromatic carbocycles. The number of fused-ring (bicyclic) bond motifs is 1. The van der Waals surface area contributed by atoms with Gasteiger partial charge >= 0.3 is 0 Å². The second-order valence-electron chi connectivity index (χ2n) is 9.28. The summed E-state index contributed by atoms with van der Waals surface area (Å²) in [5.41, 5.74) is 1.57. The molecule has 0 aliphatic carbocycles. The number of hydrogen-bond acceptors (Lipinski definition) is 6. The molecule has 0 radical (unpaired) electrons. The topological polar surface area (TPSA) is 73.8 Å². The number of aromatic nitrogens is 1. The van der Waals surface area contributed by atoms with Crippen molar-refractivity contribution in [3.63, 3.8) is 0 Å². The number of amides is 1. The van der Waals surface area contributed by atoms with Crippen LogP contribution in [0.3, 0.4) is 0 Å². The van der Waals surface area contributed by atoms with Gasteiger partial charge in [-0.25, -0.2) is 13.4 Å². The van der Waals surface area contributed by atoms with E-state index in [2.05, 4.69) is 17.9 Å². The SMILES string of the molecule is C[C@H]1CCCN(S(=O)(=O)c2ccc(C(=O)N3CCN(Cc4nc5ccccc5s4)CC3)cc2)C1. The molecule has 0 saturated carbocycles. The van der Waals surface area contributed by atoms with Crippen LogP contribution in [0.1, 0.15) is 35.1 Å². The van der Waals surface area contributed by atoms with Gasteiger partial charge in [0.15, 0.2) is 0 Å². The molecule has 1 aromatic heterocycles. The van der Waals surface area contributed by atoms with E-state index in [1.165, 1.54) is 4.70 Å². The molecule has 2 fully saturated rings. The predicted octanol–water partition coefficient (Wildman–Crippen LogP) is 3.67. The molecule has 34 heavy (non-hydrogen) atoms. The van der Waals surface area contributed by atoms with Gasteiger partial charge in [-0.2, -0.15) is 4.31 Å². The summed E-state index contributed by atoms with van der Waals surface area (Å²) in [6.45, 7) is 6.89. The van der Waals surface area contributed by atoms with Crippen LogP contribution in [-0.2, 0) is 16.6 Å². The second kappa shape index (κ2) is 9.73. The van der Waals surface area contributed by atoms with E-state index in [1.54, 1.807) is 39.9 Å². The van der Waals surface area contributed by atoms with Crippen molar-refractivity contribution in [2.75, 3.05) is 39.3 Å². The first kappa shape index (κ1) is 23.4. The summed E-state index contributed by atoms with van der Waals surface area (Å²) < 4.78 is 28.7. The van der Waals surface area contributed by atoms with Gasteiger partial charge in [0, 0.05) is 44.8 Å². The van der Waals surface area contributed by atoms with Crippen molar-refractivity contribution < 1.29 is 13.2 Å². The summed E-state index contributed by atoms with van der Waals surface area (Å²) in [5, 5.41) is 1.10. The number of benzene rings is 2. The van der Waals surface area contributed by atoms with E-state index in [4.69, 9.17) is 4.98 Å². The van der Waals surface area contributed by atoms with E-state index >= 15 is 0 Å². The first-order chi connectivity index (χ1) is 16.4. The number of thiazole rings is 1. The highest BCUT2D eigenvalue weighted by Gasteiger charge is 2.29. The summed E-state index contributed by atoms with van der Waals surface area (Å²) in [6.07, 6.45) is 1.95. The normalized spacial score (nSPS) is 20.6. The fraction of sp³-hybridized carbons (Fsp3) is 0.440. The number of hydrogen-bond donors (Lipinski definition) is 0. The first-order valence-electron chi connectivity index (χ1n) is 11.9. The summed E-state index contributed by atoms with van der Waals surface area (Å²) in [6, 6.07) is 14.6. The maximum absolute atomic E-state index is 13.0. The molecular weight excluding hydrogens is 468 g/mol. The molecular formula is C25H30N4O3S2. The van der Waals surface area contributed by atoms with Gasteiger partial charge in [0.05, 0.1) is 21.7 Å². The zero-order chi connectivity index (χ0) is 23.7. The van der Waals surface area contributed by atoms with E-state index < -0.39 is 10.0 Å². The molecule has 0 bridgehead atoms. The van der Waals surface area contributed by atoms with E-state index in [-0.39, 0.29) is 10.8 Å². The number of nitrogens with zero attached hydrogens (tertiary/aromatic N) is 4. The average Bonchev–Trinajstić information content (AvgIpc) is 3.26. The van der Waals surface area contributed by atoms with Crippen LogP contribution in [0.2, 0.25) is 0 Å². The lowest BCUT2D eigenvalue weighted by atomic mass is 10.0. The standard InChI is InChI=1S/C25H30N4O3S2/c1-19-5-4-12-29(17-19)34(31,32)21-10-8-20(9-11-21)25(30)28-15-13-27(14-16-28)18-24-26-22-6-2-3-7-23(22)33-24/h2-3,6-11,19H,4-5,12-18H2,1H3/t19-/m0/s1. The predicted molar refractivity (Wildman–Crippen MR) is 134 cm³/mol. The maximum atomic E-state index is 13.0. The smallest absolute Gasteiger partial charge is 0.253 e. The average molecular weight is 499 g/mol. The highest BCUT2D eigenvalue weighted by molar-refractivity contribution is 7.89. The fourth-order valence-corrected chi connectivity index (χ4v) is 7.36. The van der Waals surface area contributed by atoms with Gasteiger partial charge < -0.3 is 4.90 Å². The minimum atomic E-state index is -3.51. The van der Waals surface area contributed by atoms with Crippen molar-refractivity contribution in [1.29, 1.82) is 0 Å². The Labute approximate surface area is 205 Å². The summed E-state index contributed by atoms with van der Waals surface area (Å²) in [7, 11) is -3.51. The quantitative estimate of drug-likeness (QED) is 0.537. The highest BCUT2D eigenvalue weighted by atomic mass is 32.2. The van der Waals surface area contributed by atoms with Crippen LogP contribution in [0.5, 0.6) is 0 Å². The van der Waals surface area contributed by atoms with Crippen LogP contribution < -0.4 is 0 Å². The summed E-state index contributed by atoms with van der Waals surface area (Å²) in [5.74, 6) is 0.327. The van der Waals surface area contributed by atoms with E-state index in [0.29, 0.717) is 37.7 Å². The minimum absolute atomic E-state index is 0.0461. The molecule has 3 aromatic rings. The molecule has 3 heterocycles. The van der Waals surface area contributed by atoms with Gasteiger partial charge in [-0.15, -0.1) is 11.3 Å². The van der Waals surface area contributed by atoms with Crippen LogP contribution in [0.15, 0.2) is 53.4 Å². The second-order valence-corrected chi connectivity index (χ2v) is 12.3. The van der Waals surface area contributed by atoms with Crippen molar-refractivity contribution in [2.24, 2.45) is 5.92 Å². The zero-order valence-corrected chi connectivity index (χ0v) is 21.0. The highest BCUT2D eigenvalue weighted by Crippen LogP contribution is 2.25. The van der Waals surface area contributed by atoms with Crippen LogP contribution in [0, 0.1) is 5.92 Å². The van der Waals surface area contributed by atoms with Crippen molar-refractivity contribution in [3.05, 3.63) is 59.1 Å². The Morgan fingerprint density at radius 2 is 1.76 bits per heavy atom. The minimum Gasteiger partial charge on any atom is -0.336 e. The molecule has 0 N–H and O–H groups in total. The molecule has 1 atom stereocenters. The van der Waals surface area contributed by atoms with Gasteiger partial charge in [-0.1, -0.05) is 19.1 Å². The van der Waals surface area contributed by atoms with Crippen LogP contribution in [-0.4, -0.2) is 72.7 Å². The Morgan fingerprint density at radius 3 is 2.47 bits per heavy atom. The third kappa shape index (κ3) is 4.88. The molecule has 0 spiro atoms. The van der Waals surface area contributed by atoms with Crippen molar-refractivity contribution in [3.8, 4) is 0 Å². The Hall–Kier alpha value is -2.33. The molecule has 180 valence electrons. The van der Waals surface area contributed by atoms with Crippen LogP contribution in [0.4, 0.5) is 0 Å². The van der Waals surface area contributed by atoms with Gasteiger partial charge in [0.25, 0.3) is 5.91 Å². The molecule has 2 saturated heterocycles. The van der Waals surface area contributed by atoms with Gasteiger partial charge in [0.2, 0.25) is 10.0 Å². The van der Waals surface area contributed by atoms with E-state index in [1.807, 2.05) is 23.1 Å². The number of rotatable bonds is 5. The molecule has 2 aliphatic heterocycles. The van der Waals surface area contributed by atoms with Crippen molar-refractivity contribution in [2.45, 2.75) is 31.2 Å². The monoisotopic (exact) mass is 498 g/mol. The number of para-hydroxylation sites is 1. The van der Waals surface area contributed by atoms with Crippen LogP contribution in [0.25, 0.3) is 10.2 Å². The van der Waals surface area contributed by atoms with Gasteiger partial charge in [-0.05, 0) is 55.2 Å². The number of piperidine rings is 1. The first-order valence-corrected chi connectivity index (χ1v) is 14.1. The van der Waals surface area contributed by atoms with E-state index in [0.717, 1.165) is 43.0 Å². The lowest BCUT2D eigenvalue weighted by Crippen LogP contribution is -2.48. The maximum Gasteiger partial charge on any atom is 0.253 e. The van der Waals surface area contributed by atoms with Crippen molar-refractivity contribution >= 4 is 37.5 Å². The molecule has 5 rings (SSSR count). The lowest BCUT2D eigenvalue weighted by Gasteiger charge is -2.34. The Kier molecular flexibility index (Phi) is 6.70. The van der Waals surface area contributed by atoms with Gasteiger partial charge in [0.1, 0.15) is 5.01 Å². The molecule has 9 heteroatoms. The number of carbonyl (C=O) groups is 1. The number of piperazine rings is 1. The van der Waals surface area contributed by atoms with Gasteiger partial charge in [-0.3, -0.25) is 9.69 Å². The Morgan fingerprint density at radius 1 is 1.03 bits per heavy atom. The van der Waals surface area contributed by atoms with Crippen LogP contribution >= 0.6 is 11.3 Å². The fourth-order valence-electron chi connectivity index (χ4n) is 4.75. The number of sulfonamides is 1. The summed E-state index contributed by atoms with van der Waals surface area (Å²) in [4.78, 5) is 22.2. The largest absolute Gasteiger partial charge is 0.336 e. The Bertz CT molecular complexity index is 1230. The Balaban J connectivity index is 1.18. The zero-order valence-electron chi connectivity index (χ0n) is 19.4. The molecule has 2 aliphatic rings. The van der Waals surface area contributed by atoms with Crippen molar-refractivity contribution in [1.82, 2.24) is 19.1 Å². The molecule has 1 amide bonds. The molecule has 0 unspecified atom stereocenters.